The molecule has 0 aromatic carbocycles. The van der Waals surface area contributed by atoms with Crippen LogP contribution < -0.4 is 0 Å². The van der Waals surface area contributed by atoms with Crippen LogP contribution in [0.4, 0.5) is 0 Å². The summed E-state index contributed by atoms with van der Waals surface area (Å²) in [5.74, 6) is -0.516. The van der Waals surface area contributed by atoms with Crippen LogP contribution in [0.2, 0.25) is 0 Å². The van der Waals surface area contributed by atoms with Crippen LogP contribution in [0.3, 0.4) is 0 Å². The van der Waals surface area contributed by atoms with Gasteiger partial charge in [-0.25, -0.2) is 4.79 Å². The van der Waals surface area contributed by atoms with Crippen molar-refractivity contribution in [1.82, 2.24) is 0 Å². The lowest BCUT2D eigenvalue weighted by atomic mass is 10.1. The summed E-state index contributed by atoms with van der Waals surface area (Å²) in [4.78, 5) is 10.5. The van der Waals surface area contributed by atoms with Crippen LogP contribution in [-0.4, -0.2) is 24.3 Å². The van der Waals surface area contributed by atoms with Gasteiger partial charge in [-0.3, -0.25) is 0 Å². The molecule has 0 aromatic rings. The third-order valence-corrected chi connectivity index (χ3v) is 2.39. The molecule has 0 rings (SSSR count). The molecular weight excluding hydrogens is 192 g/mol. The first-order valence-electron chi connectivity index (χ1n) is 6.07. The fourth-order valence-corrected chi connectivity index (χ4v) is 1.47. The largest absolute Gasteiger partial charge is 0.464 e. The average molecular weight is 216 g/mol. The van der Waals surface area contributed by atoms with Gasteiger partial charge in [0.15, 0.2) is 0 Å². The maximum Gasteiger partial charge on any atom is 0.331 e. The number of carbonyl (C=O) groups is 1. The zero-order chi connectivity index (χ0) is 11.4. The molecule has 0 aliphatic rings. The smallest absolute Gasteiger partial charge is 0.331 e. The van der Waals surface area contributed by atoms with E-state index in [-0.39, 0.29) is 0 Å². The van der Waals surface area contributed by atoms with Crippen LogP contribution in [0.1, 0.15) is 58.3 Å². The number of rotatable bonds is 10. The van der Waals surface area contributed by atoms with Crippen molar-refractivity contribution < 1.29 is 14.6 Å². The number of aliphatic hydroxyl groups is 1. The minimum atomic E-state index is -0.516. The highest BCUT2D eigenvalue weighted by Gasteiger charge is 1.98. The van der Waals surface area contributed by atoms with E-state index in [1.807, 2.05) is 0 Å². The second-order valence-corrected chi connectivity index (χ2v) is 3.85. The van der Waals surface area contributed by atoms with Gasteiger partial charge in [-0.05, 0) is 6.42 Å². The van der Waals surface area contributed by atoms with Crippen LogP contribution in [0.5, 0.6) is 0 Å². The quantitative estimate of drug-likeness (QED) is 0.451. The van der Waals surface area contributed by atoms with Crippen molar-refractivity contribution in [3.05, 3.63) is 0 Å². The summed E-state index contributed by atoms with van der Waals surface area (Å²) < 4.78 is 4.75. The molecule has 1 N–H and O–H groups in total. The van der Waals surface area contributed by atoms with Crippen LogP contribution in [0.25, 0.3) is 0 Å². The molecule has 0 saturated heterocycles. The van der Waals surface area contributed by atoms with Crippen LogP contribution >= 0.6 is 0 Å². The molecule has 0 bridgehead atoms. The summed E-state index contributed by atoms with van der Waals surface area (Å²) in [5.41, 5.74) is 0. The van der Waals surface area contributed by atoms with E-state index in [0.29, 0.717) is 6.61 Å². The zero-order valence-corrected chi connectivity index (χ0v) is 9.83. The van der Waals surface area contributed by atoms with Crippen molar-refractivity contribution in [2.45, 2.75) is 58.3 Å². The minimum Gasteiger partial charge on any atom is -0.464 e. The highest BCUT2D eigenvalue weighted by molar-refractivity contribution is 5.70. The van der Waals surface area contributed by atoms with Crippen molar-refractivity contribution in [3.8, 4) is 0 Å². The molecule has 0 spiro atoms. The van der Waals surface area contributed by atoms with E-state index in [0.717, 1.165) is 12.8 Å². The molecule has 0 saturated carbocycles. The number of hydrogen-bond donors (Lipinski definition) is 1. The first-order chi connectivity index (χ1) is 7.31. The highest BCUT2D eigenvalue weighted by Crippen LogP contribution is 2.08. The van der Waals surface area contributed by atoms with Gasteiger partial charge in [0.25, 0.3) is 0 Å². The molecular formula is C12H24O3. The maximum absolute atomic E-state index is 10.5. The lowest BCUT2D eigenvalue weighted by molar-refractivity contribution is -0.147. The lowest BCUT2D eigenvalue weighted by Gasteiger charge is -2.03. The number of ether oxygens (including phenoxy) is 1. The van der Waals surface area contributed by atoms with E-state index in [9.17, 15) is 4.79 Å². The molecule has 15 heavy (non-hydrogen) atoms. The van der Waals surface area contributed by atoms with E-state index in [2.05, 4.69) is 6.92 Å². The molecule has 0 atom stereocenters. The standard InChI is InChI=1S/C12H24O3/c1-2-3-4-5-6-7-8-9-10-15-12(14)11-13/h13H,2-11H2,1H3. The van der Waals surface area contributed by atoms with E-state index in [4.69, 9.17) is 9.84 Å². The van der Waals surface area contributed by atoms with Crippen LogP contribution in [0.15, 0.2) is 0 Å². The first kappa shape index (κ1) is 14.4. The van der Waals surface area contributed by atoms with Crippen LogP contribution in [-0.2, 0) is 9.53 Å². The monoisotopic (exact) mass is 216 g/mol. The van der Waals surface area contributed by atoms with E-state index >= 15 is 0 Å². The Kier molecular flexibility index (Phi) is 11.1. The molecule has 0 unspecified atom stereocenters. The highest BCUT2D eigenvalue weighted by atomic mass is 16.5. The number of hydrogen-bond acceptors (Lipinski definition) is 3. The van der Waals surface area contributed by atoms with Crippen molar-refractivity contribution in [3.63, 3.8) is 0 Å². The zero-order valence-electron chi connectivity index (χ0n) is 9.83. The molecule has 0 aliphatic heterocycles. The Hall–Kier alpha value is -0.570. The van der Waals surface area contributed by atoms with Crippen LogP contribution in [0, 0.1) is 0 Å². The predicted octanol–water partition coefficient (Wildman–Crippen LogP) is 2.66. The van der Waals surface area contributed by atoms with Gasteiger partial charge >= 0.3 is 5.97 Å². The fraction of sp³-hybridized carbons (Fsp3) is 0.917. The third kappa shape index (κ3) is 11.4. The van der Waals surface area contributed by atoms with E-state index < -0.39 is 12.6 Å². The summed E-state index contributed by atoms with van der Waals surface area (Å²) >= 11 is 0. The Morgan fingerprint density at radius 2 is 1.53 bits per heavy atom. The Labute approximate surface area is 92.8 Å². The Balaban J connectivity index is 2.95. The Bertz CT molecular complexity index is 146. The fourth-order valence-electron chi connectivity index (χ4n) is 1.47. The minimum absolute atomic E-state index is 0.453. The molecule has 0 fully saturated rings. The lowest BCUT2D eigenvalue weighted by Crippen LogP contribution is -2.09. The van der Waals surface area contributed by atoms with Gasteiger partial charge in [-0.2, -0.15) is 0 Å². The molecule has 0 aliphatic carbocycles. The molecule has 0 aromatic heterocycles. The summed E-state index contributed by atoms with van der Waals surface area (Å²) in [6, 6.07) is 0. The summed E-state index contributed by atoms with van der Waals surface area (Å²) in [6.45, 7) is 2.17. The van der Waals surface area contributed by atoms with E-state index in [1.54, 1.807) is 0 Å². The Morgan fingerprint density at radius 3 is 2.07 bits per heavy atom. The summed E-state index contributed by atoms with van der Waals surface area (Å²) in [6.07, 6.45) is 9.84. The number of aliphatic hydroxyl groups excluding tert-OH is 1. The second kappa shape index (κ2) is 11.5. The Morgan fingerprint density at radius 1 is 1.00 bits per heavy atom. The second-order valence-electron chi connectivity index (χ2n) is 3.85. The molecule has 0 radical (unpaired) electrons. The molecule has 0 amide bonds. The summed E-state index contributed by atoms with van der Waals surface area (Å²) in [5, 5.41) is 8.38. The normalized spacial score (nSPS) is 10.3. The van der Waals surface area contributed by atoms with Crippen molar-refractivity contribution in [2.75, 3.05) is 13.2 Å². The topological polar surface area (TPSA) is 46.5 Å². The maximum atomic E-state index is 10.5. The first-order valence-corrected chi connectivity index (χ1v) is 6.07. The number of carbonyl (C=O) groups excluding carboxylic acids is 1. The van der Waals surface area contributed by atoms with Gasteiger partial charge in [0.2, 0.25) is 0 Å². The van der Waals surface area contributed by atoms with Gasteiger partial charge in [-0.15, -0.1) is 0 Å². The molecule has 0 heterocycles. The molecule has 3 nitrogen and oxygen atoms in total. The van der Waals surface area contributed by atoms with E-state index in [1.165, 1.54) is 38.5 Å². The summed E-state index contributed by atoms with van der Waals surface area (Å²) in [7, 11) is 0. The predicted molar refractivity (Wildman–Crippen MR) is 60.7 cm³/mol. The van der Waals surface area contributed by atoms with Crippen molar-refractivity contribution in [1.29, 1.82) is 0 Å². The van der Waals surface area contributed by atoms with Crippen molar-refractivity contribution in [2.24, 2.45) is 0 Å². The van der Waals surface area contributed by atoms with Gasteiger partial charge in [0, 0.05) is 0 Å². The SMILES string of the molecule is CCCCCCCCCCOC(=O)CO. The van der Waals surface area contributed by atoms with Gasteiger partial charge < -0.3 is 9.84 Å². The van der Waals surface area contributed by atoms with Gasteiger partial charge in [-0.1, -0.05) is 51.9 Å². The number of esters is 1. The third-order valence-electron chi connectivity index (χ3n) is 2.39. The molecule has 90 valence electrons. The molecule has 3 heteroatoms. The number of unbranched alkanes of at least 4 members (excludes halogenated alkanes) is 7. The van der Waals surface area contributed by atoms with Gasteiger partial charge in [0.05, 0.1) is 6.61 Å². The van der Waals surface area contributed by atoms with Crippen molar-refractivity contribution >= 4 is 5.97 Å². The average Bonchev–Trinajstić information content (AvgIpc) is 2.26. The van der Waals surface area contributed by atoms with Gasteiger partial charge in [0.1, 0.15) is 6.61 Å².